The molecule has 0 bridgehead atoms. The van der Waals surface area contributed by atoms with Crippen LogP contribution in [0.2, 0.25) is 0 Å². The SMILES string of the molecule is CCOc1ccc(-c2csc(/C(C#N)=C/c3ccccc3C)n2)cc1. The van der Waals surface area contributed by atoms with E-state index in [-0.39, 0.29) is 0 Å². The van der Waals surface area contributed by atoms with E-state index in [2.05, 4.69) is 11.1 Å². The molecular formula is C21H18N2OS. The smallest absolute Gasteiger partial charge is 0.134 e. The average Bonchev–Trinajstić information content (AvgIpc) is 3.12. The summed E-state index contributed by atoms with van der Waals surface area (Å²) in [4.78, 5) is 4.64. The highest BCUT2D eigenvalue weighted by atomic mass is 32.1. The molecule has 2 aromatic carbocycles. The van der Waals surface area contributed by atoms with Gasteiger partial charge in [-0.3, -0.25) is 0 Å². The van der Waals surface area contributed by atoms with Gasteiger partial charge in [0.1, 0.15) is 16.8 Å². The number of benzene rings is 2. The first-order valence-electron chi connectivity index (χ1n) is 8.08. The fraction of sp³-hybridized carbons (Fsp3) is 0.143. The molecule has 1 aromatic heterocycles. The molecule has 25 heavy (non-hydrogen) atoms. The summed E-state index contributed by atoms with van der Waals surface area (Å²) in [5.74, 6) is 0.846. The molecule has 0 fully saturated rings. The Morgan fingerprint density at radius 1 is 1.20 bits per heavy atom. The van der Waals surface area contributed by atoms with Gasteiger partial charge >= 0.3 is 0 Å². The summed E-state index contributed by atoms with van der Waals surface area (Å²) >= 11 is 1.48. The second-order valence-electron chi connectivity index (χ2n) is 5.52. The monoisotopic (exact) mass is 346 g/mol. The van der Waals surface area contributed by atoms with Crippen LogP contribution in [0.3, 0.4) is 0 Å². The normalized spacial score (nSPS) is 11.2. The summed E-state index contributed by atoms with van der Waals surface area (Å²) < 4.78 is 5.47. The van der Waals surface area contributed by atoms with E-state index in [0.29, 0.717) is 12.2 Å². The molecular weight excluding hydrogens is 328 g/mol. The average molecular weight is 346 g/mol. The third-order valence-corrected chi connectivity index (χ3v) is 4.68. The third-order valence-electron chi connectivity index (χ3n) is 3.80. The van der Waals surface area contributed by atoms with Gasteiger partial charge in [0, 0.05) is 10.9 Å². The molecule has 0 aliphatic rings. The van der Waals surface area contributed by atoms with Gasteiger partial charge in [-0.2, -0.15) is 5.26 Å². The lowest BCUT2D eigenvalue weighted by molar-refractivity contribution is 0.340. The number of aryl methyl sites for hydroxylation is 1. The van der Waals surface area contributed by atoms with Crippen LogP contribution in [0.25, 0.3) is 22.9 Å². The number of hydrogen-bond acceptors (Lipinski definition) is 4. The van der Waals surface area contributed by atoms with Crippen molar-refractivity contribution >= 4 is 23.0 Å². The Hall–Kier alpha value is -2.90. The molecule has 3 aromatic rings. The molecule has 3 nitrogen and oxygen atoms in total. The van der Waals surface area contributed by atoms with Crippen molar-refractivity contribution < 1.29 is 4.74 Å². The molecule has 124 valence electrons. The van der Waals surface area contributed by atoms with Gasteiger partial charge in [-0.1, -0.05) is 24.3 Å². The van der Waals surface area contributed by atoms with Gasteiger partial charge in [-0.25, -0.2) is 4.98 Å². The maximum absolute atomic E-state index is 9.54. The van der Waals surface area contributed by atoms with E-state index in [1.54, 1.807) is 0 Å². The highest BCUT2D eigenvalue weighted by Gasteiger charge is 2.10. The molecule has 0 aliphatic carbocycles. The minimum absolute atomic E-state index is 0.580. The second-order valence-corrected chi connectivity index (χ2v) is 6.38. The van der Waals surface area contributed by atoms with Crippen molar-refractivity contribution in [3.8, 4) is 23.1 Å². The molecule has 0 saturated carbocycles. The lowest BCUT2D eigenvalue weighted by atomic mass is 10.1. The van der Waals surface area contributed by atoms with Gasteiger partial charge in [0.05, 0.1) is 17.9 Å². The Labute approximate surface area is 151 Å². The quantitative estimate of drug-likeness (QED) is 0.566. The van der Waals surface area contributed by atoms with Crippen LogP contribution in [0.4, 0.5) is 0 Å². The van der Waals surface area contributed by atoms with Crippen molar-refractivity contribution in [2.75, 3.05) is 6.61 Å². The lowest BCUT2D eigenvalue weighted by Gasteiger charge is -2.03. The van der Waals surface area contributed by atoms with E-state index in [9.17, 15) is 5.26 Å². The minimum atomic E-state index is 0.580. The van der Waals surface area contributed by atoms with E-state index < -0.39 is 0 Å². The Balaban J connectivity index is 1.89. The molecule has 1 heterocycles. The van der Waals surface area contributed by atoms with Crippen LogP contribution in [-0.2, 0) is 0 Å². The summed E-state index contributed by atoms with van der Waals surface area (Å²) in [6, 6.07) is 18.1. The summed E-state index contributed by atoms with van der Waals surface area (Å²) in [6.07, 6.45) is 1.90. The first-order valence-corrected chi connectivity index (χ1v) is 8.95. The van der Waals surface area contributed by atoms with Gasteiger partial charge in [-0.05, 0) is 55.3 Å². The molecule has 3 rings (SSSR count). The first kappa shape index (κ1) is 16.9. The Morgan fingerprint density at radius 3 is 2.64 bits per heavy atom. The fourth-order valence-corrected chi connectivity index (χ4v) is 3.26. The number of aromatic nitrogens is 1. The van der Waals surface area contributed by atoms with E-state index in [0.717, 1.165) is 33.1 Å². The van der Waals surface area contributed by atoms with Gasteiger partial charge < -0.3 is 4.74 Å². The highest BCUT2D eigenvalue weighted by Crippen LogP contribution is 2.28. The maximum Gasteiger partial charge on any atom is 0.134 e. The Bertz CT molecular complexity index is 933. The number of allylic oxidation sites excluding steroid dienone is 1. The van der Waals surface area contributed by atoms with E-state index in [4.69, 9.17) is 4.74 Å². The predicted octanol–water partition coefficient (Wildman–Crippen LogP) is 5.58. The van der Waals surface area contributed by atoms with Crippen LogP contribution >= 0.6 is 11.3 Å². The molecule has 0 radical (unpaired) electrons. The summed E-state index contributed by atoms with van der Waals surface area (Å²) in [6.45, 7) is 4.65. The molecule has 0 saturated heterocycles. The maximum atomic E-state index is 9.54. The standard InChI is InChI=1S/C21H18N2OS/c1-3-24-19-10-8-16(9-11-19)20-14-25-21(23-20)18(13-22)12-17-7-5-4-6-15(17)2/h4-12,14H,3H2,1-2H3/b18-12+. The molecule has 0 spiro atoms. The number of thiazole rings is 1. The number of ether oxygens (including phenoxy) is 1. The summed E-state index contributed by atoms with van der Waals surface area (Å²) in [5, 5.41) is 12.3. The van der Waals surface area contributed by atoms with Gasteiger partial charge in [-0.15, -0.1) is 11.3 Å². The highest BCUT2D eigenvalue weighted by molar-refractivity contribution is 7.11. The van der Waals surface area contributed by atoms with Crippen LogP contribution in [0.1, 0.15) is 23.1 Å². The lowest BCUT2D eigenvalue weighted by Crippen LogP contribution is -1.90. The predicted molar refractivity (Wildman–Crippen MR) is 103 cm³/mol. The van der Waals surface area contributed by atoms with E-state index >= 15 is 0 Å². The topological polar surface area (TPSA) is 45.9 Å². The minimum Gasteiger partial charge on any atom is -0.494 e. The third kappa shape index (κ3) is 3.96. The number of hydrogen-bond donors (Lipinski definition) is 0. The number of nitriles is 1. The van der Waals surface area contributed by atoms with Gasteiger partial charge in [0.2, 0.25) is 0 Å². The van der Waals surface area contributed by atoms with Crippen molar-refractivity contribution in [3.63, 3.8) is 0 Å². The molecule has 0 atom stereocenters. The number of nitrogens with zero attached hydrogens (tertiary/aromatic N) is 2. The molecule has 4 heteroatoms. The zero-order valence-corrected chi connectivity index (χ0v) is 15.0. The van der Waals surface area contributed by atoms with Crippen LogP contribution in [0.15, 0.2) is 53.9 Å². The molecule has 0 aliphatic heterocycles. The van der Waals surface area contributed by atoms with E-state index in [1.165, 1.54) is 11.3 Å². The van der Waals surface area contributed by atoms with Gasteiger partial charge in [0.15, 0.2) is 0 Å². The molecule has 0 N–H and O–H groups in total. The van der Waals surface area contributed by atoms with Crippen molar-refractivity contribution in [2.24, 2.45) is 0 Å². The molecule has 0 amide bonds. The largest absolute Gasteiger partial charge is 0.494 e. The van der Waals surface area contributed by atoms with Crippen molar-refractivity contribution in [1.29, 1.82) is 5.26 Å². The van der Waals surface area contributed by atoms with Crippen LogP contribution < -0.4 is 4.74 Å². The summed E-state index contributed by atoms with van der Waals surface area (Å²) in [7, 11) is 0. The molecule has 0 unspecified atom stereocenters. The van der Waals surface area contributed by atoms with Crippen molar-refractivity contribution in [3.05, 3.63) is 70.0 Å². The fourth-order valence-electron chi connectivity index (χ4n) is 2.46. The van der Waals surface area contributed by atoms with Crippen LogP contribution in [-0.4, -0.2) is 11.6 Å². The zero-order valence-electron chi connectivity index (χ0n) is 14.2. The zero-order chi connectivity index (χ0) is 17.6. The summed E-state index contributed by atoms with van der Waals surface area (Å²) in [5.41, 5.74) is 4.64. The van der Waals surface area contributed by atoms with Crippen LogP contribution in [0.5, 0.6) is 5.75 Å². The Kier molecular flexibility index (Phi) is 5.27. The second kappa shape index (κ2) is 7.78. The van der Waals surface area contributed by atoms with Crippen LogP contribution in [0, 0.1) is 18.3 Å². The van der Waals surface area contributed by atoms with Crippen molar-refractivity contribution in [1.82, 2.24) is 4.98 Å². The van der Waals surface area contributed by atoms with Crippen molar-refractivity contribution in [2.45, 2.75) is 13.8 Å². The van der Waals surface area contributed by atoms with Gasteiger partial charge in [0.25, 0.3) is 0 Å². The van der Waals surface area contributed by atoms with E-state index in [1.807, 2.05) is 73.8 Å². The Morgan fingerprint density at radius 2 is 1.96 bits per heavy atom. The first-order chi connectivity index (χ1) is 12.2. The number of rotatable bonds is 5.